The molecule has 2 aromatic carbocycles. The fourth-order valence-electron chi connectivity index (χ4n) is 3.16. The number of nitrogens with zero attached hydrogens (tertiary/aromatic N) is 3. The fraction of sp³-hybridized carbons (Fsp3) is 0.143. The van der Waals surface area contributed by atoms with Crippen LogP contribution in [0.25, 0.3) is 0 Å². The first-order chi connectivity index (χ1) is 14.4. The Kier molecular flexibility index (Phi) is 5.65. The van der Waals surface area contributed by atoms with E-state index in [4.69, 9.17) is 23.2 Å². The van der Waals surface area contributed by atoms with Gasteiger partial charge in [-0.1, -0.05) is 35.3 Å². The van der Waals surface area contributed by atoms with Crippen LogP contribution in [0.2, 0.25) is 10.0 Å². The topological polar surface area (TPSA) is 74.1 Å². The molecule has 0 bridgehead atoms. The van der Waals surface area contributed by atoms with Gasteiger partial charge in [-0.05, 0) is 30.3 Å². The molecule has 2 aromatic rings. The van der Waals surface area contributed by atoms with Gasteiger partial charge in [0.2, 0.25) is 6.29 Å². The molecule has 2 aliphatic rings. The van der Waals surface area contributed by atoms with E-state index in [1.807, 2.05) is 0 Å². The summed E-state index contributed by atoms with van der Waals surface area (Å²) in [5, 5.41) is 3.22. The number of benzene rings is 2. The SMILES string of the molecule is O=C(NC1N=CC2=CN(C(=O)c3c(F)cccc3Cl)CCC2=N1)c1cccc(Cl)c1. The third kappa shape index (κ3) is 4.13. The number of carbonyl (C=O) groups is 2. The normalized spacial score (nSPS) is 17.7. The summed E-state index contributed by atoms with van der Waals surface area (Å²) in [6, 6.07) is 10.7. The van der Waals surface area contributed by atoms with Gasteiger partial charge < -0.3 is 10.2 Å². The van der Waals surface area contributed by atoms with Crippen LogP contribution < -0.4 is 5.32 Å². The van der Waals surface area contributed by atoms with Gasteiger partial charge in [-0.2, -0.15) is 0 Å². The number of carbonyl (C=O) groups excluding carboxylic acids is 2. The summed E-state index contributed by atoms with van der Waals surface area (Å²) in [6.45, 7) is 0.300. The monoisotopic (exact) mass is 444 g/mol. The molecule has 6 nitrogen and oxygen atoms in total. The second-order valence-electron chi connectivity index (χ2n) is 6.64. The molecule has 0 saturated carbocycles. The number of hydrogen-bond acceptors (Lipinski definition) is 4. The third-order valence-corrected chi connectivity index (χ3v) is 5.19. The van der Waals surface area contributed by atoms with Crippen LogP contribution in [0, 0.1) is 5.82 Å². The first-order valence-electron chi connectivity index (χ1n) is 9.06. The molecule has 0 aromatic heterocycles. The molecule has 2 heterocycles. The fourth-order valence-corrected chi connectivity index (χ4v) is 3.60. The zero-order valence-corrected chi connectivity index (χ0v) is 17.0. The highest BCUT2D eigenvalue weighted by molar-refractivity contribution is 6.34. The molecule has 9 heteroatoms. The minimum Gasteiger partial charge on any atom is -0.314 e. The Bertz CT molecular complexity index is 1110. The van der Waals surface area contributed by atoms with Crippen LogP contribution in [-0.4, -0.2) is 41.5 Å². The van der Waals surface area contributed by atoms with Crippen molar-refractivity contribution in [2.24, 2.45) is 9.98 Å². The van der Waals surface area contributed by atoms with E-state index in [9.17, 15) is 14.0 Å². The maximum absolute atomic E-state index is 14.1. The Morgan fingerprint density at radius 2 is 1.97 bits per heavy atom. The van der Waals surface area contributed by atoms with Crippen LogP contribution >= 0.6 is 23.2 Å². The molecule has 1 unspecified atom stereocenters. The van der Waals surface area contributed by atoms with Crippen LogP contribution in [-0.2, 0) is 0 Å². The number of allylic oxidation sites excluding steroid dienone is 1. The summed E-state index contributed by atoms with van der Waals surface area (Å²) in [5.74, 6) is -1.56. The Hall–Kier alpha value is -3.03. The molecule has 0 radical (unpaired) electrons. The molecule has 0 aliphatic carbocycles. The first-order valence-corrected chi connectivity index (χ1v) is 9.81. The summed E-state index contributed by atoms with van der Waals surface area (Å²) in [7, 11) is 0. The van der Waals surface area contributed by atoms with Crippen LogP contribution in [0.3, 0.4) is 0 Å². The predicted octanol–water partition coefficient (Wildman–Crippen LogP) is 4.10. The Morgan fingerprint density at radius 3 is 2.73 bits per heavy atom. The van der Waals surface area contributed by atoms with Crippen molar-refractivity contribution in [1.82, 2.24) is 10.2 Å². The zero-order valence-electron chi connectivity index (χ0n) is 15.5. The van der Waals surface area contributed by atoms with Crippen molar-refractivity contribution in [2.75, 3.05) is 6.54 Å². The molecule has 4 rings (SSSR count). The Labute approximate surface area is 181 Å². The first kappa shape index (κ1) is 20.3. The van der Waals surface area contributed by atoms with Gasteiger partial charge in [0, 0.05) is 41.5 Å². The highest BCUT2D eigenvalue weighted by Gasteiger charge is 2.27. The lowest BCUT2D eigenvalue weighted by Gasteiger charge is -2.28. The highest BCUT2D eigenvalue weighted by Crippen LogP contribution is 2.24. The van der Waals surface area contributed by atoms with E-state index >= 15 is 0 Å². The minimum atomic E-state index is -0.771. The Balaban J connectivity index is 1.49. The summed E-state index contributed by atoms with van der Waals surface area (Å²) in [5.41, 5.74) is 1.55. The van der Waals surface area contributed by atoms with Crippen molar-refractivity contribution in [3.05, 3.63) is 81.2 Å². The molecule has 0 spiro atoms. The maximum Gasteiger partial charge on any atom is 0.262 e. The number of halogens is 3. The predicted molar refractivity (Wildman–Crippen MR) is 114 cm³/mol. The molecule has 30 heavy (non-hydrogen) atoms. The number of rotatable bonds is 3. The standard InChI is InChI=1S/C21H15Cl2FN4O2/c22-14-4-1-3-12(9-14)19(29)27-21-25-10-13-11-28(8-7-17(13)26-21)20(30)18-15(23)5-2-6-16(18)24/h1-6,9-11,21H,7-8H2,(H,27,29). The zero-order chi connectivity index (χ0) is 21.3. The van der Waals surface area contributed by atoms with E-state index in [1.54, 1.807) is 30.5 Å². The van der Waals surface area contributed by atoms with E-state index in [0.29, 0.717) is 34.8 Å². The van der Waals surface area contributed by atoms with Crippen LogP contribution in [0.15, 0.2) is 64.2 Å². The minimum absolute atomic E-state index is 0.0546. The second kappa shape index (κ2) is 8.38. The highest BCUT2D eigenvalue weighted by atomic mass is 35.5. The number of fused-ring (bicyclic) bond motifs is 1. The van der Waals surface area contributed by atoms with Gasteiger partial charge in [0.1, 0.15) is 5.82 Å². The maximum atomic E-state index is 14.1. The van der Waals surface area contributed by atoms with Crippen molar-refractivity contribution in [3.8, 4) is 0 Å². The lowest BCUT2D eigenvalue weighted by molar-refractivity contribution is 0.0818. The second-order valence-corrected chi connectivity index (χ2v) is 7.48. The molecule has 1 atom stereocenters. The largest absolute Gasteiger partial charge is 0.314 e. The van der Waals surface area contributed by atoms with Crippen molar-refractivity contribution in [1.29, 1.82) is 0 Å². The third-order valence-electron chi connectivity index (χ3n) is 4.64. The van der Waals surface area contributed by atoms with Gasteiger partial charge in [-0.3, -0.25) is 9.59 Å². The van der Waals surface area contributed by atoms with Gasteiger partial charge in [0.15, 0.2) is 0 Å². The van der Waals surface area contributed by atoms with Gasteiger partial charge in [0.25, 0.3) is 11.8 Å². The molecule has 2 amide bonds. The summed E-state index contributed by atoms with van der Waals surface area (Å²) >= 11 is 11.9. The molecular formula is C21H15Cl2FN4O2. The van der Waals surface area contributed by atoms with E-state index in [0.717, 1.165) is 0 Å². The van der Waals surface area contributed by atoms with Crippen molar-refractivity contribution < 1.29 is 14.0 Å². The van der Waals surface area contributed by atoms with Gasteiger partial charge in [-0.25, -0.2) is 14.4 Å². The molecule has 152 valence electrons. The van der Waals surface area contributed by atoms with Crippen molar-refractivity contribution in [2.45, 2.75) is 12.7 Å². The molecule has 1 N–H and O–H groups in total. The summed E-state index contributed by atoms with van der Waals surface area (Å²) in [4.78, 5) is 35.1. The molecule has 0 fully saturated rings. The Morgan fingerprint density at radius 1 is 1.17 bits per heavy atom. The van der Waals surface area contributed by atoms with Gasteiger partial charge in [0.05, 0.1) is 16.3 Å². The van der Waals surface area contributed by atoms with Crippen LogP contribution in [0.1, 0.15) is 27.1 Å². The summed E-state index contributed by atoms with van der Waals surface area (Å²) < 4.78 is 14.1. The smallest absolute Gasteiger partial charge is 0.262 e. The van der Waals surface area contributed by atoms with Crippen molar-refractivity contribution in [3.63, 3.8) is 0 Å². The van der Waals surface area contributed by atoms with Gasteiger partial charge in [-0.15, -0.1) is 0 Å². The lowest BCUT2D eigenvalue weighted by atomic mass is 10.0. The number of aliphatic imine (C=N–C) groups is 2. The summed E-state index contributed by atoms with van der Waals surface area (Å²) in [6.07, 6.45) is 2.76. The van der Waals surface area contributed by atoms with E-state index in [1.165, 1.54) is 29.3 Å². The van der Waals surface area contributed by atoms with E-state index < -0.39 is 18.0 Å². The average molecular weight is 445 g/mol. The lowest BCUT2D eigenvalue weighted by Crippen LogP contribution is -2.39. The van der Waals surface area contributed by atoms with Crippen LogP contribution in [0.4, 0.5) is 4.39 Å². The van der Waals surface area contributed by atoms with Crippen molar-refractivity contribution >= 4 is 46.9 Å². The number of amides is 2. The number of nitrogens with one attached hydrogen (secondary N) is 1. The molecule has 2 aliphatic heterocycles. The molecule has 0 saturated heterocycles. The quantitative estimate of drug-likeness (QED) is 0.773. The number of hydrogen-bond donors (Lipinski definition) is 1. The van der Waals surface area contributed by atoms with E-state index in [-0.39, 0.29) is 16.5 Å². The van der Waals surface area contributed by atoms with Gasteiger partial charge >= 0.3 is 0 Å². The van der Waals surface area contributed by atoms with Crippen LogP contribution in [0.5, 0.6) is 0 Å². The van der Waals surface area contributed by atoms with E-state index in [2.05, 4.69) is 15.3 Å². The average Bonchev–Trinajstić information content (AvgIpc) is 2.73. The molecular weight excluding hydrogens is 430 g/mol.